The van der Waals surface area contributed by atoms with E-state index in [0.29, 0.717) is 18.8 Å². The monoisotopic (exact) mass is 229 g/mol. The van der Waals surface area contributed by atoms with E-state index >= 15 is 0 Å². The maximum atomic E-state index is 11.0. The SMILES string of the molecule is C=C(C)C(=O)OCCOCCN1CCCO1. The van der Waals surface area contributed by atoms with Gasteiger partial charge < -0.3 is 9.47 Å². The van der Waals surface area contributed by atoms with Crippen molar-refractivity contribution < 1.29 is 19.1 Å². The van der Waals surface area contributed by atoms with Crippen molar-refractivity contribution >= 4 is 5.97 Å². The van der Waals surface area contributed by atoms with Gasteiger partial charge in [0.1, 0.15) is 6.61 Å². The van der Waals surface area contributed by atoms with Gasteiger partial charge in [-0.15, -0.1) is 0 Å². The fraction of sp³-hybridized carbons (Fsp3) is 0.727. The van der Waals surface area contributed by atoms with Crippen molar-refractivity contribution in [1.82, 2.24) is 5.06 Å². The normalized spacial score (nSPS) is 16.3. The van der Waals surface area contributed by atoms with E-state index in [-0.39, 0.29) is 12.6 Å². The third kappa shape index (κ3) is 5.25. The standard InChI is InChI=1S/C11H19NO4/c1-10(2)11(13)15-9-8-14-7-5-12-4-3-6-16-12/h1,3-9H2,2H3. The molecule has 0 aromatic heterocycles. The summed E-state index contributed by atoms with van der Waals surface area (Å²) >= 11 is 0. The highest BCUT2D eigenvalue weighted by molar-refractivity contribution is 5.86. The lowest BCUT2D eigenvalue weighted by molar-refractivity contribution is -0.141. The van der Waals surface area contributed by atoms with Crippen LogP contribution >= 0.6 is 0 Å². The summed E-state index contributed by atoms with van der Waals surface area (Å²) in [6.45, 7) is 8.90. The van der Waals surface area contributed by atoms with E-state index in [1.54, 1.807) is 6.92 Å². The number of nitrogens with zero attached hydrogens (tertiary/aromatic N) is 1. The van der Waals surface area contributed by atoms with Crippen molar-refractivity contribution in [3.63, 3.8) is 0 Å². The Morgan fingerprint density at radius 2 is 2.25 bits per heavy atom. The Bertz CT molecular complexity index is 236. The molecule has 0 radical (unpaired) electrons. The van der Waals surface area contributed by atoms with Gasteiger partial charge in [-0.1, -0.05) is 6.58 Å². The summed E-state index contributed by atoms with van der Waals surface area (Å²) in [6, 6.07) is 0. The Hall–Kier alpha value is -0.910. The van der Waals surface area contributed by atoms with Gasteiger partial charge in [0, 0.05) is 18.7 Å². The Morgan fingerprint density at radius 3 is 2.88 bits per heavy atom. The van der Waals surface area contributed by atoms with Gasteiger partial charge in [-0.25, -0.2) is 4.79 Å². The molecule has 1 aliphatic heterocycles. The lowest BCUT2D eigenvalue weighted by Crippen LogP contribution is -2.23. The molecule has 0 saturated carbocycles. The molecule has 1 fully saturated rings. The van der Waals surface area contributed by atoms with Crippen molar-refractivity contribution in [3.05, 3.63) is 12.2 Å². The first-order valence-electron chi connectivity index (χ1n) is 5.48. The van der Waals surface area contributed by atoms with Gasteiger partial charge >= 0.3 is 5.97 Å². The average Bonchev–Trinajstić information content (AvgIpc) is 2.75. The van der Waals surface area contributed by atoms with Crippen LogP contribution < -0.4 is 0 Å². The third-order valence-electron chi connectivity index (χ3n) is 2.12. The largest absolute Gasteiger partial charge is 0.460 e. The Morgan fingerprint density at radius 1 is 1.44 bits per heavy atom. The summed E-state index contributed by atoms with van der Waals surface area (Å²) in [4.78, 5) is 16.3. The van der Waals surface area contributed by atoms with E-state index in [4.69, 9.17) is 14.3 Å². The van der Waals surface area contributed by atoms with Crippen LogP contribution in [-0.2, 0) is 19.1 Å². The van der Waals surface area contributed by atoms with E-state index in [1.807, 2.05) is 5.06 Å². The van der Waals surface area contributed by atoms with Crippen molar-refractivity contribution in [2.75, 3.05) is 39.5 Å². The van der Waals surface area contributed by atoms with Gasteiger partial charge in [0.15, 0.2) is 0 Å². The number of carbonyl (C=O) groups excluding carboxylic acids is 1. The first-order chi connectivity index (χ1) is 7.70. The molecule has 0 aromatic rings. The maximum absolute atomic E-state index is 11.0. The molecule has 16 heavy (non-hydrogen) atoms. The number of hydroxylamine groups is 2. The van der Waals surface area contributed by atoms with Crippen LogP contribution in [0.5, 0.6) is 0 Å². The zero-order valence-electron chi connectivity index (χ0n) is 9.74. The second kappa shape index (κ2) is 7.38. The van der Waals surface area contributed by atoms with Crippen molar-refractivity contribution in [1.29, 1.82) is 0 Å². The second-order valence-electron chi connectivity index (χ2n) is 3.64. The van der Waals surface area contributed by atoms with Crippen LogP contribution in [-0.4, -0.2) is 50.5 Å². The molecular weight excluding hydrogens is 210 g/mol. The summed E-state index contributed by atoms with van der Waals surface area (Å²) in [7, 11) is 0. The Kier molecular flexibility index (Phi) is 6.07. The van der Waals surface area contributed by atoms with E-state index < -0.39 is 0 Å². The number of hydrogen-bond acceptors (Lipinski definition) is 5. The van der Waals surface area contributed by atoms with Crippen LogP contribution in [0.2, 0.25) is 0 Å². The fourth-order valence-electron chi connectivity index (χ4n) is 1.26. The highest BCUT2D eigenvalue weighted by atomic mass is 16.7. The minimum Gasteiger partial charge on any atom is -0.460 e. The highest BCUT2D eigenvalue weighted by Gasteiger charge is 2.11. The number of hydrogen-bond donors (Lipinski definition) is 0. The molecule has 0 spiro atoms. The number of carbonyl (C=O) groups is 1. The summed E-state index contributed by atoms with van der Waals surface area (Å²) in [5.74, 6) is -0.369. The molecule has 0 aromatic carbocycles. The molecule has 0 unspecified atom stereocenters. The molecule has 1 heterocycles. The van der Waals surface area contributed by atoms with Gasteiger partial charge in [0.2, 0.25) is 0 Å². The van der Waals surface area contributed by atoms with E-state index in [2.05, 4.69) is 6.58 Å². The Balaban J connectivity index is 1.88. The molecule has 5 nitrogen and oxygen atoms in total. The van der Waals surface area contributed by atoms with E-state index in [0.717, 1.165) is 26.1 Å². The highest BCUT2D eigenvalue weighted by Crippen LogP contribution is 2.02. The second-order valence-corrected chi connectivity index (χ2v) is 3.64. The van der Waals surface area contributed by atoms with Gasteiger partial charge in [-0.2, -0.15) is 5.06 Å². The van der Waals surface area contributed by atoms with Gasteiger partial charge in [0.25, 0.3) is 0 Å². The molecule has 92 valence electrons. The summed E-state index contributed by atoms with van der Waals surface area (Å²) in [5.41, 5.74) is 0.408. The first-order valence-corrected chi connectivity index (χ1v) is 5.48. The summed E-state index contributed by atoms with van der Waals surface area (Å²) in [5, 5.41) is 1.89. The lowest BCUT2D eigenvalue weighted by Gasteiger charge is -2.13. The summed E-state index contributed by atoms with van der Waals surface area (Å²) < 4.78 is 10.2. The number of esters is 1. The molecule has 1 saturated heterocycles. The molecule has 0 aliphatic carbocycles. The van der Waals surface area contributed by atoms with E-state index in [9.17, 15) is 4.79 Å². The molecular formula is C11H19NO4. The van der Waals surface area contributed by atoms with Gasteiger partial charge in [-0.3, -0.25) is 4.84 Å². The zero-order chi connectivity index (χ0) is 11.8. The topological polar surface area (TPSA) is 48.0 Å². The lowest BCUT2D eigenvalue weighted by atomic mass is 10.4. The molecule has 0 N–H and O–H groups in total. The quantitative estimate of drug-likeness (QED) is 0.366. The van der Waals surface area contributed by atoms with E-state index in [1.165, 1.54) is 0 Å². The zero-order valence-corrected chi connectivity index (χ0v) is 9.74. The van der Waals surface area contributed by atoms with Crippen molar-refractivity contribution in [2.45, 2.75) is 13.3 Å². The smallest absolute Gasteiger partial charge is 0.333 e. The molecule has 0 amide bonds. The van der Waals surface area contributed by atoms with Crippen LogP contribution in [0.4, 0.5) is 0 Å². The van der Waals surface area contributed by atoms with Crippen LogP contribution in [0.15, 0.2) is 12.2 Å². The Labute approximate surface area is 95.9 Å². The predicted molar refractivity (Wildman–Crippen MR) is 58.7 cm³/mol. The van der Waals surface area contributed by atoms with Crippen molar-refractivity contribution in [3.8, 4) is 0 Å². The number of ether oxygens (including phenoxy) is 2. The minimum absolute atomic E-state index is 0.270. The summed E-state index contributed by atoms with van der Waals surface area (Å²) in [6.07, 6.45) is 1.08. The van der Waals surface area contributed by atoms with Crippen LogP contribution in [0.3, 0.4) is 0 Å². The molecule has 0 bridgehead atoms. The molecule has 1 rings (SSSR count). The first kappa shape index (κ1) is 13.2. The minimum atomic E-state index is -0.369. The average molecular weight is 229 g/mol. The van der Waals surface area contributed by atoms with Crippen molar-refractivity contribution in [2.24, 2.45) is 0 Å². The molecule has 5 heteroatoms. The molecule has 1 aliphatic rings. The van der Waals surface area contributed by atoms with Crippen LogP contribution in [0, 0.1) is 0 Å². The van der Waals surface area contributed by atoms with Gasteiger partial charge in [0.05, 0.1) is 19.8 Å². The third-order valence-corrected chi connectivity index (χ3v) is 2.12. The molecule has 0 atom stereocenters. The van der Waals surface area contributed by atoms with Crippen LogP contribution in [0.25, 0.3) is 0 Å². The maximum Gasteiger partial charge on any atom is 0.333 e. The number of rotatable bonds is 7. The van der Waals surface area contributed by atoms with Crippen LogP contribution in [0.1, 0.15) is 13.3 Å². The van der Waals surface area contributed by atoms with Gasteiger partial charge in [-0.05, 0) is 13.3 Å². The fourth-order valence-corrected chi connectivity index (χ4v) is 1.26. The predicted octanol–water partition coefficient (Wildman–Crippen LogP) is 0.760.